The van der Waals surface area contributed by atoms with Crippen LogP contribution in [0.15, 0.2) is 72.1 Å². The third-order valence-corrected chi connectivity index (χ3v) is 5.48. The molecule has 2 aromatic carbocycles. The molecule has 0 saturated heterocycles. The molecule has 0 aliphatic carbocycles. The zero-order valence-corrected chi connectivity index (χ0v) is 15.0. The maximum atomic E-state index is 13.1. The molecule has 6 heteroatoms. The molecule has 2 aromatic rings. The number of hydrogen-bond acceptors (Lipinski definition) is 3. The zero-order valence-electron chi connectivity index (χ0n) is 14.2. The van der Waals surface area contributed by atoms with Crippen LogP contribution >= 0.6 is 0 Å². The van der Waals surface area contributed by atoms with Crippen LogP contribution in [0.4, 0.5) is 5.69 Å². The summed E-state index contributed by atoms with van der Waals surface area (Å²) in [6.45, 7) is 5.49. The second-order valence-electron chi connectivity index (χ2n) is 5.40. The van der Waals surface area contributed by atoms with Crippen LogP contribution in [0.25, 0.3) is 0 Å². The number of anilines is 1. The van der Waals surface area contributed by atoms with Gasteiger partial charge in [0.05, 0.1) is 10.6 Å². The minimum absolute atomic E-state index is 0.150. The highest BCUT2D eigenvalue weighted by atomic mass is 32.2. The van der Waals surface area contributed by atoms with E-state index in [2.05, 4.69) is 11.9 Å². The standard InChI is InChI=1S/C19H22N2O3S/c1-3-14-20-19(22)15-21(18-13-9-8-10-16(18)4-2)25(23,24)17-11-6-5-7-12-17/h3,5-13H,1,4,14-15H2,2H3,(H,20,22). The fourth-order valence-electron chi connectivity index (χ4n) is 2.44. The first kappa shape index (κ1) is 18.7. The third kappa shape index (κ3) is 4.48. The van der Waals surface area contributed by atoms with Crippen molar-refractivity contribution in [3.05, 3.63) is 72.8 Å². The monoisotopic (exact) mass is 358 g/mol. The van der Waals surface area contributed by atoms with Crippen molar-refractivity contribution in [3.8, 4) is 0 Å². The number of carbonyl (C=O) groups is 1. The Hall–Kier alpha value is -2.60. The minimum Gasteiger partial charge on any atom is -0.351 e. The molecule has 0 aliphatic heterocycles. The summed E-state index contributed by atoms with van der Waals surface area (Å²) in [5.74, 6) is -0.384. The lowest BCUT2D eigenvalue weighted by Crippen LogP contribution is -2.41. The number of sulfonamides is 1. The number of nitrogens with one attached hydrogen (secondary N) is 1. The van der Waals surface area contributed by atoms with E-state index in [1.165, 1.54) is 16.4 Å². The van der Waals surface area contributed by atoms with E-state index in [9.17, 15) is 13.2 Å². The van der Waals surface area contributed by atoms with Crippen molar-refractivity contribution in [2.24, 2.45) is 0 Å². The molecule has 0 radical (unpaired) electrons. The molecule has 0 atom stereocenters. The number of hydrogen-bond donors (Lipinski definition) is 1. The lowest BCUT2D eigenvalue weighted by atomic mass is 10.1. The van der Waals surface area contributed by atoms with E-state index in [1.807, 2.05) is 19.1 Å². The van der Waals surface area contributed by atoms with Gasteiger partial charge in [0, 0.05) is 6.54 Å². The maximum Gasteiger partial charge on any atom is 0.264 e. The van der Waals surface area contributed by atoms with E-state index >= 15 is 0 Å². The lowest BCUT2D eigenvalue weighted by molar-refractivity contribution is -0.119. The molecule has 0 unspecified atom stereocenters. The molecule has 0 aliphatic rings. The maximum absolute atomic E-state index is 13.1. The number of amides is 1. The molecule has 5 nitrogen and oxygen atoms in total. The Morgan fingerprint density at radius 1 is 1.12 bits per heavy atom. The highest BCUT2D eigenvalue weighted by Crippen LogP contribution is 2.27. The number of carbonyl (C=O) groups excluding carboxylic acids is 1. The van der Waals surface area contributed by atoms with Crippen LogP contribution in [-0.4, -0.2) is 27.4 Å². The zero-order chi connectivity index (χ0) is 18.3. The fourth-order valence-corrected chi connectivity index (χ4v) is 3.92. The van der Waals surface area contributed by atoms with Gasteiger partial charge < -0.3 is 5.32 Å². The van der Waals surface area contributed by atoms with Crippen LogP contribution in [0.3, 0.4) is 0 Å². The van der Waals surface area contributed by atoms with Crippen molar-refractivity contribution in [3.63, 3.8) is 0 Å². The Kier molecular flexibility index (Phi) is 6.36. The molecule has 25 heavy (non-hydrogen) atoms. The van der Waals surface area contributed by atoms with Crippen molar-refractivity contribution in [1.29, 1.82) is 0 Å². The van der Waals surface area contributed by atoms with Crippen molar-refractivity contribution in [2.45, 2.75) is 18.2 Å². The van der Waals surface area contributed by atoms with E-state index in [0.717, 1.165) is 5.56 Å². The largest absolute Gasteiger partial charge is 0.351 e. The molecule has 0 heterocycles. The second-order valence-corrected chi connectivity index (χ2v) is 7.26. The van der Waals surface area contributed by atoms with Gasteiger partial charge in [-0.05, 0) is 30.2 Å². The summed E-state index contributed by atoms with van der Waals surface area (Å²) in [5.41, 5.74) is 1.38. The number of aryl methyl sites for hydroxylation is 1. The number of nitrogens with zero attached hydrogens (tertiary/aromatic N) is 1. The number of para-hydroxylation sites is 1. The lowest BCUT2D eigenvalue weighted by Gasteiger charge is -2.26. The molecule has 132 valence electrons. The molecule has 0 spiro atoms. The van der Waals surface area contributed by atoms with Crippen LogP contribution in [0.2, 0.25) is 0 Å². The van der Waals surface area contributed by atoms with Gasteiger partial charge in [-0.1, -0.05) is 49.4 Å². The summed E-state index contributed by atoms with van der Waals surface area (Å²) in [4.78, 5) is 12.3. The summed E-state index contributed by atoms with van der Waals surface area (Å²) in [7, 11) is -3.86. The van der Waals surface area contributed by atoms with Crippen molar-refractivity contribution < 1.29 is 13.2 Å². The molecule has 0 bridgehead atoms. The van der Waals surface area contributed by atoms with Gasteiger partial charge in [0.25, 0.3) is 10.0 Å². The molecular weight excluding hydrogens is 336 g/mol. The van der Waals surface area contributed by atoms with Crippen molar-refractivity contribution in [2.75, 3.05) is 17.4 Å². The van der Waals surface area contributed by atoms with E-state index in [-0.39, 0.29) is 23.9 Å². The SMILES string of the molecule is C=CCNC(=O)CN(c1ccccc1CC)S(=O)(=O)c1ccccc1. The molecule has 1 N–H and O–H groups in total. The molecule has 0 aromatic heterocycles. The van der Waals surface area contributed by atoms with Crippen molar-refractivity contribution in [1.82, 2.24) is 5.32 Å². The predicted octanol–water partition coefficient (Wildman–Crippen LogP) is 2.75. The Bertz CT molecular complexity index is 833. The normalized spacial score (nSPS) is 10.9. The first-order valence-corrected chi connectivity index (χ1v) is 9.48. The van der Waals surface area contributed by atoms with E-state index in [0.29, 0.717) is 12.1 Å². The summed E-state index contributed by atoms with van der Waals surface area (Å²) < 4.78 is 27.4. The van der Waals surface area contributed by atoms with E-state index in [4.69, 9.17) is 0 Å². The molecule has 0 saturated carbocycles. The number of benzene rings is 2. The predicted molar refractivity (Wildman–Crippen MR) is 100 cm³/mol. The summed E-state index contributed by atoms with van der Waals surface area (Å²) in [5, 5.41) is 2.63. The minimum atomic E-state index is -3.86. The Morgan fingerprint density at radius 3 is 2.40 bits per heavy atom. The quantitative estimate of drug-likeness (QED) is 0.738. The van der Waals surface area contributed by atoms with Gasteiger partial charge in [0.2, 0.25) is 5.91 Å². The molecule has 1 amide bonds. The van der Waals surface area contributed by atoms with Crippen molar-refractivity contribution >= 4 is 21.6 Å². The second kappa shape index (κ2) is 8.48. The van der Waals surface area contributed by atoms with Gasteiger partial charge in [-0.15, -0.1) is 6.58 Å². The van der Waals surface area contributed by atoms with Gasteiger partial charge >= 0.3 is 0 Å². The number of rotatable bonds is 8. The van der Waals surface area contributed by atoms with Gasteiger partial charge in [0.1, 0.15) is 6.54 Å². The van der Waals surface area contributed by atoms with Gasteiger partial charge in [-0.3, -0.25) is 9.10 Å². The Morgan fingerprint density at radius 2 is 1.76 bits per heavy atom. The Balaban J connectivity index is 2.49. The van der Waals surface area contributed by atoms with Gasteiger partial charge in [-0.25, -0.2) is 8.42 Å². The average Bonchev–Trinajstić information content (AvgIpc) is 2.65. The van der Waals surface area contributed by atoms with Crippen LogP contribution in [-0.2, 0) is 21.2 Å². The van der Waals surface area contributed by atoms with E-state index < -0.39 is 10.0 Å². The first-order chi connectivity index (χ1) is 12.0. The summed E-state index contributed by atoms with van der Waals surface area (Å²) >= 11 is 0. The van der Waals surface area contributed by atoms with Gasteiger partial charge in [0.15, 0.2) is 0 Å². The highest BCUT2D eigenvalue weighted by molar-refractivity contribution is 7.92. The molecule has 0 fully saturated rings. The van der Waals surface area contributed by atoms with Crippen LogP contribution < -0.4 is 9.62 Å². The topological polar surface area (TPSA) is 66.5 Å². The smallest absolute Gasteiger partial charge is 0.264 e. The summed E-state index contributed by atoms with van der Waals surface area (Å²) in [6.07, 6.45) is 2.21. The fraction of sp³-hybridized carbons (Fsp3) is 0.211. The average molecular weight is 358 g/mol. The molecule has 2 rings (SSSR count). The third-order valence-electron chi connectivity index (χ3n) is 3.70. The Labute approximate surface area is 149 Å². The van der Waals surface area contributed by atoms with Gasteiger partial charge in [-0.2, -0.15) is 0 Å². The highest BCUT2D eigenvalue weighted by Gasteiger charge is 2.28. The molecular formula is C19H22N2O3S. The van der Waals surface area contributed by atoms with Crippen LogP contribution in [0.5, 0.6) is 0 Å². The van der Waals surface area contributed by atoms with Crippen LogP contribution in [0.1, 0.15) is 12.5 Å². The van der Waals surface area contributed by atoms with E-state index in [1.54, 1.807) is 36.4 Å². The first-order valence-electron chi connectivity index (χ1n) is 8.04. The van der Waals surface area contributed by atoms with Crippen LogP contribution in [0, 0.1) is 0 Å². The summed E-state index contributed by atoms with van der Waals surface area (Å²) in [6, 6.07) is 15.3.